The third-order valence-corrected chi connectivity index (χ3v) is 5.37. The number of pyridine rings is 1. The zero-order chi connectivity index (χ0) is 28.5. The van der Waals surface area contributed by atoms with Crippen LogP contribution in [0.1, 0.15) is 27.7 Å². The van der Waals surface area contributed by atoms with E-state index in [9.17, 15) is 9.65 Å². The molecule has 0 unspecified atom stereocenters. The van der Waals surface area contributed by atoms with Crippen molar-refractivity contribution in [3.05, 3.63) is 89.2 Å². The van der Waals surface area contributed by atoms with Gasteiger partial charge in [0.15, 0.2) is 5.82 Å². The number of hydrogen-bond donors (Lipinski definition) is 0. The minimum Gasteiger partial charge on any atom is -0.454 e. The monoisotopic (exact) mass is 415 g/mol. The maximum atomic E-state index is 14.6. The van der Waals surface area contributed by atoms with Crippen LogP contribution in [0.15, 0.2) is 71.2 Å². The molecule has 150 valence electrons. The fourth-order valence-electron chi connectivity index (χ4n) is 3.90. The largest absolute Gasteiger partial charge is 0.454 e. The second kappa shape index (κ2) is 7.07. The lowest BCUT2D eigenvalue weighted by Crippen LogP contribution is -2.31. The van der Waals surface area contributed by atoms with Gasteiger partial charge in [-0.2, -0.15) is 9.83 Å². The summed E-state index contributed by atoms with van der Waals surface area (Å²) in [4.78, 5) is 0. The first-order valence-corrected chi connectivity index (χ1v) is 9.44. The Labute approximate surface area is 190 Å². The quantitative estimate of drug-likeness (QED) is 0.314. The molecule has 0 N–H and O–H groups in total. The van der Waals surface area contributed by atoms with E-state index in [0.717, 1.165) is 6.20 Å². The molecule has 4 heteroatoms. The van der Waals surface area contributed by atoms with Gasteiger partial charge in [-0.1, -0.05) is 42.3 Å². The van der Waals surface area contributed by atoms with Crippen LogP contribution in [-0.2, 0) is 7.05 Å². The van der Waals surface area contributed by atoms with Crippen molar-refractivity contribution in [2.45, 2.75) is 13.8 Å². The highest BCUT2D eigenvalue weighted by atomic mass is 19.1. The maximum Gasteiger partial charge on any atom is 0.216 e. The van der Waals surface area contributed by atoms with E-state index >= 15 is 0 Å². The van der Waals surface area contributed by atoms with Crippen molar-refractivity contribution in [3.63, 3.8) is 0 Å². The summed E-state index contributed by atoms with van der Waals surface area (Å²) in [6, 6.07) is 7.41. The number of fused-ring (bicyclic) bond motifs is 3. The zero-order valence-corrected chi connectivity index (χ0v) is 16.6. The summed E-state index contributed by atoms with van der Waals surface area (Å²) in [5.74, 6) is -0.877. The van der Waals surface area contributed by atoms with Crippen LogP contribution >= 0.6 is 0 Å². The van der Waals surface area contributed by atoms with Gasteiger partial charge >= 0.3 is 0 Å². The van der Waals surface area contributed by atoms with Crippen LogP contribution in [0.25, 0.3) is 44.3 Å². The van der Waals surface area contributed by atoms with Crippen LogP contribution in [0.2, 0.25) is 0 Å². The molecule has 2 aromatic heterocycles. The Balaban J connectivity index is 1.95. The number of aryl methyl sites for hydroxylation is 3. The van der Waals surface area contributed by atoms with Crippen molar-refractivity contribution >= 4 is 21.9 Å². The van der Waals surface area contributed by atoms with Gasteiger partial charge in [-0.15, -0.1) is 0 Å². The number of furan rings is 1. The van der Waals surface area contributed by atoms with E-state index in [1.807, 2.05) is 6.07 Å². The third kappa shape index (κ3) is 2.90. The average Bonchev–Trinajstić information content (AvgIpc) is 3.25. The summed E-state index contributed by atoms with van der Waals surface area (Å²) in [7, 11) is 1.58. The van der Waals surface area contributed by atoms with Crippen LogP contribution < -0.4 is 4.57 Å². The van der Waals surface area contributed by atoms with E-state index in [-0.39, 0.29) is 22.3 Å². The van der Waals surface area contributed by atoms with Crippen LogP contribution in [0, 0.1) is 30.9 Å². The molecule has 3 aromatic carbocycles. The van der Waals surface area contributed by atoms with E-state index in [1.54, 1.807) is 32.2 Å². The molecule has 3 nitrogen and oxygen atoms in total. The fourth-order valence-corrected chi connectivity index (χ4v) is 3.90. The number of nitrogens with zero attached hydrogens (tertiary/aromatic N) is 2. The van der Waals surface area contributed by atoms with Crippen molar-refractivity contribution in [2.24, 2.45) is 7.05 Å². The molecular weight excluding hydrogens is 387 g/mol. The molecular formula is C27H20FN2O+. The molecule has 0 atom stereocenters. The van der Waals surface area contributed by atoms with Gasteiger partial charge in [0, 0.05) is 26.5 Å². The smallest absolute Gasteiger partial charge is 0.216 e. The van der Waals surface area contributed by atoms with E-state index in [0.29, 0.717) is 33.2 Å². The Morgan fingerprint density at radius 3 is 2.45 bits per heavy atom. The minimum absolute atomic E-state index is 0.0513. The van der Waals surface area contributed by atoms with Gasteiger partial charge in [-0.05, 0) is 42.6 Å². The summed E-state index contributed by atoms with van der Waals surface area (Å²) in [6.07, 6.45) is 1.09. The van der Waals surface area contributed by atoms with Gasteiger partial charge in [0.2, 0.25) is 11.9 Å². The molecule has 0 spiro atoms. The topological polar surface area (TPSA) is 40.8 Å². The highest BCUT2D eigenvalue weighted by Gasteiger charge is 2.24. The number of aromatic nitrogens is 1. The minimum atomic E-state index is -2.70. The van der Waals surface area contributed by atoms with E-state index in [1.165, 1.54) is 16.7 Å². The van der Waals surface area contributed by atoms with Gasteiger partial charge in [0.25, 0.3) is 0 Å². The molecule has 0 saturated heterocycles. The summed E-state index contributed by atoms with van der Waals surface area (Å²) < 4.78 is 86.8. The first kappa shape index (κ1) is 12.0. The highest BCUT2D eigenvalue weighted by Crippen LogP contribution is 2.41. The van der Waals surface area contributed by atoms with Crippen molar-refractivity contribution < 1.29 is 24.3 Å². The number of rotatable bonds is 2. The molecule has 0 bridgehead atoms. The lowest BCUT2D eigenvalue weighted by atomic mass is 9.96. The lowest BCUT2D eigenvalue weighted by molar-refractivity contribution is -0.662. The molecule has 0 aliphatic carbocycles. The summed E-state index contributed by atoms with van der Waals surface area (Å²) in [5, 5.41) is 11.0. The molecule has 5 aromatic rings. The Kier molecular flexibility index (Phi) is 2.74. The molecule has 0 amide bonds. The van der Waals surface area contributed by atoms with Gasteiger partial charge in [0.1, 0.15) is 18.2 Å². The van der Waals surface area contributed by atoms with Gasteiger partial charge in [-0.25, -0.2) is 4.39 Å². The Morgan fingerprint density at radius 1 is 1.03 bits per heavy atom. The molecule has 0 aliphatic heterocycles. The standard InChI is InChI=1S/C27H20FN2O/c1-16-9-11-20-21-12-10-19(14-29)25(18-7-5-4-6-8-18)27(21)31-26(20)24(16)23-13-17(2)22(28)15-30(23)3/h4-13,15H,1-3H3/q+1/i2D3,4D,5D,6D,7D,8D. The summed E-state index contributed by atoms with van der Waals surface area (Å²) in [5.41, 5.74) is 1.49. The molecule has 0 radical (unpaired) electrons. The first-order valence-electron chi connectivity index (χ1n) is 13.4. The molecule has 0 saturated carbocycles. The zero-order valence-electron chi connectivity index (χ0n) is 24.6. The highest BCUT2D eigenvalue weighted by molar-refractivity contribution is 6.13. The van der Waals surface area contributed by atoms with Crippen LogP contribution in [0.5, 0.6) is 0 Å². The van der Waals surface area contributed by atoms with Crippen LogP contribution in [0.3, 0.4) is 0 Å². The van der Waals surface area contributed by atoms with Gasteiger partial charge < -0.3 is 4.42 Å². The molecule has 5 rings (SSSR count). The lowest BCUT2D eigenvalue weighted by Gasteiger charge is -2.07. The summed E-state index contributed by atoms with van der Waals surface area (Å²) >= 11 is 0. The van der Waals surface area contributed by atoms with Crippen molar-refractivity contribution in [1.82, 2.24) is 0 Å². The Hall–Kier alpha value is -3.97. The fraction of sp³-hybridized carbons (Fsp3) is 0.111. The number of hydrogen-bond acceptors (Lipinski definition) is 2. The Bertz CT molecular complexity index is 1870. The predicted octanol–water partition coefficient (Wildman–Crippen LogP) is 6.37. The van der Waals surface area contributed by atoms with Crippen LogP contribution in [0.4, 0.5) is 4.39 Å². The SMILES string of the molecule is [2H]c1c([2H])c([2H])c(-c2c(C#N)ccc3c2oc2c(-c4cc(C([2H])([2H])[2H])c(F)c[n+]4C)c(C)ccc23)c([2H])c1[2H]. The molecule has 0 fully saturated rings. The first-order chi connectivity index (χ1) is 18.3. The predicted molar refractivity (Wildman–Crippen MR) is 120 cm³/mol. The Morgan fingerprint density at radius 2 is 1.74 bits per heavy atom. The van der Waals surface area contributed by atoms with Crippen molar-refractivity contribution in [1.29, 1.82) is 5.26 Å². The third-order valence-electron chi connectivity index (χ3n) is 5.37. The van der Waals surface area contributed by atoms with Gasteiger partial charge in [-0.3, -0.25) is 0 Å². The normalized spacial score (nSPS) is 15.3. The number of nitriles is 1. The van der Waals surface area contributed by atoms with Crippen LogP contribution in [-0.4, -0.2) is 0 Å². The second-order valence-electron chi connectivity index (χ2n) is 7.24. The molecule has 31 heavy (non-hydrogen) atoms. The van der Waals surface area contributed by atoms with E-state index < -0.39 is 48.4 Å². The number of benzene rings is 3. The van der Waals surface area contributed by atoms with Crippen molar-refractivity contribution in [3.8, 4) is 28.5 Å². The van der Waals surface area contributed by atoms with E-state index in [2.05, 4.69) is 0 Å². The van der Waals surface area contributed by atoms with E-state index in [4.69, 9.17) is 15.4 Å². The number of halogens is 1. The summed E-state index contributed by atoms with van der Waals surface area (Å²) in [6.45, 7) is -0.907. The van der Waals surface area contributed by atoms with Gasteiger partial charge in [0.05, 0.1) is 24.0 Å². The molecule has 2 heterocycles. The molecule has 0 aliphatic rings. The maximum absolute atomic E-state index is 14.6. The second-order valence-corrected chi connectivity index (χ2v) is 7.24. The average molecular weight is 416 g/mol. The van der Waals surface area contributed by atoms with Crippen molar-refractivity contribution in [2.75, 3.05) is 0 Å².